The molecule has 2 heterocycles. The summed E-state index contributed by atoms with van der Waals surface area (Å²) in [5.41, 5.74) is 6.22. The fraction of sp³-hybridized carbons (Fsp3) is 0.714. The third-order valence-corrected chi connectivity index (χ3v) is 5.64. The van der Waals surface area contributed by atoms with Gasteiger partial charge in [0.15, 0.2) is 0 Å². The number of hydrogen-bond acceptors (Lipinski definition) is 4. The Morgan fingerprint density at radius 1 is 1.56 bits per heavy atom. The van der Waals surface area contributed by atoms with E-state index in [0.29, 0.717) is 5.25 Å². The Kier molecular flexibility index (Phi) is 4.41. The fourth-order valence-electron chi connectivity index (χ4n) is 2.88. The summed E-state index contributed by atoms with van der Waals surface area (Å²) < 4.78 is 5.68. The molecule has 1 fully saturated rings. The van der Waals surface area contributed by atoms with E-state index in [1.807, 2.05) is 24.8 Å². The van der Waals surface area contributed by atoms with Crippen LogP contribution in [0.1, 0.15) is 31.3 Å². The summed E-state index contributed by atoms with van der Waals surface area (Å²) in [7, 11) is 2.17. The van der Waals surface area contributed by atoms with Gasteiger partial charge in [-0.1, -0.05) is 6.92 Å². The Balaban J connectivity index is 2.11. The van der Waals surface area contributed by atoms with E-state index in [1.165, 1.54) is 18.6 Å². The van der Waals surface area contributed by atoms with E-state index in [2.05, 4.69) is 24.9 Å². The number of nitrogens with two attached hydrogens (primary N) is 1. The van der Waals surface area contributed by atoms with E-state index in [1.54, 1.807) is 0 Å². The minimum Gasteiger partial charge on any atom is -0.465 e. The second-order valence-corrected chi connectivity index (χ2v) is 6.74. The van der Waals surface area contributed by atoms with Gasteiger partial charge in [-0.05, 0) is 44.7 Å². The van der Waals surface area contributed by atoms with Crippen LogP contribution in [-0.4, -0.2) is 35.0 Å². The average molecular weight is 268 g/mol. The molecule has 18 heavy (non-hydrogen) atoms. The minimum atomic E-state index is 0.115. The summed E-state index contributed by atoms with van der Waals surface area (Å²) in [4.78, 5) is 2.39. The summed E-state index contributed by atoms with van der Waals surface area (Å²) >= 11 is 2.04. The predicted octanol–water partition coefficient (Wildman–Crippen LogP) is 2.63. The molecule has 102 valence electrons. The molecule has 0 spiro atoms. The van der Waals surface area contributed by atoms with Crippen molar-refractivity contribution in [3.63, 3.8) is 0 Å². The summed E-state index contributed by atoms with van der Waals surface area (Å²) in [5, 5.41) is 0.581. The molecule has 0 aromatic carbocycles. The maximum absolute atomic E-state index is 6.10. The second kappa shape index (κ2) is 5.68. The number of rotatable bonds is 4. The molecule has 2 rings (SSSR count). The molecule has 2 unspecified atom stereocenters. The van der Waals surface area contributed by atoms with Gasteiger partial charge in [0.2, 0.25) is 0 Å². The van der Waals surface area contributed by atoms with Crippen molar-refractivity contribution in [3.05, 3.63) is 23.7 Å². The van der Waals surface area contributed by atoms with E-state index < -0.39 is 0 Å². The van der Waals surface area contributed by atoms with Crippen LogP contribution in [-0.2, 0) is 6.54 Å². The molecule has 1 aromatic heterocycles. The highest BCUT2D eigenvalue weighted by atomic mass is 32.2. The zero-order valence-corrected chi connectivity index (χ0v) is 12.4. The van der Waals surface area contributed by atoms with Gasteiger partial charge in [0.1, 0.15) is 11.5 Å². The van der Waals surface area contributed by atoms with E-state index >= 15 is 0 Å². The molecule has 1 aromatic rings. The molecule has 2 N–H and O–H groups in total. The van der Waals surface area contributed by atoms with Gasteiger partial charge in [-0.15, -0.1) is 0 Å². The zero-order chi connectivity index (χ0) is 13.2. The Bertz CT molecular complexity index is 393. The molecule has 1 saturated heterocycles. The Morgan fingerprint density at radius 2 is 2.33 bits per heavy atom. The lowest BCUT2D eigenvalue weighted by Crippen LogP contribution is -2.59. The lowest BCUT2D eigenvalue weighted by molar-refractivity contribution is 0.0959. The van der Waals surface area contributed by atoms with Crippen LogP contribution >= 0.6 is 11.8 Å². The van der Waals surface area contributed by atoms with Gasteiger partial charge in [-0.3, -0.25) is 4.90 Å². The van der Waals surface area contributed by atoms with Crippen LogP contribution in [0.15, 0.2) is 16.5 Å². The molecule has 0 bridgehead atoms. The van der Waals surface area contributed by atoms with Crippen LogP contribution in [0.5, 0.6) is 0 Å². The molecule has 0 saturated carbocycles. The maximum Gasteiger partial charge on any atom is 0.118 e. The van der Waals surface area contributed by atoms with Crippen LogP contribution in [0.2, 0.25) is 0 Å². The molecular formula is C14H24N2OS. The monoisotopic (exact) mass is 268 g/mol. The molecule has 2 atom stereocenters. The quantitative estimate of drug-likeness (QED) is 0.911. The zero-order valence-electron chi connectivity index (χ0n) is 11.6. The van der Waals surface area contributed by atoms with Crippen LogP contribution in [0, 0.1) is 6.92 Å². The first kappa shape index (κ1) is 14.0. The molecule has 1 aliphatic rings. The molecule has 4 heteroatoms. The fourth-order valence-corrected chi connectivity index (χ4v) is 4.25. The third kappa shape index (κ3) is 2.60. The topological polar surface area (TPSA) is 42.4 Å². The SMILES string of the molecule is Cc1ccc(CN(C)C2(CN)CCCSC2C)o1. The van der Waals surface area contributed by atoms with Gasteiger partial charge in [0.25, 0.3) is 0 Å². The first-order chi connectivity index (χ1) is 8.58. The number of likely N-dealkylation sites (N-methyl/N-ethyl adjacent to an activating group) is 1. The van der Waals surface area contributed by atoms with Gasteiger partial charge in [-0.2, -0.15) is 11.8 Å². The van der Waals surface area contributed by atoms with Crippen molar-refractivity contribution in [1.29, 1.82) is 0 Å². The van der Waals surface area contributed by atoms with Gasteiger partial charge in [0, 0.05) is 17.3 Å². The second-order valence-electron chi connectivity index (χ2n) is 5.29. The molecule has 0 amide bonds. The first-order valence-corrected chi connectivity index (χ1v) is 7.71. The van der Waals surface area contributed by atoms with Crippen molar-refractivity contribution in [2.45, 2.75) is 44.0 Å². The van der Waals surface area contributed by atoms with E-state index in [9.17, 15) is 0 Å². The van der Waals surface area contributed by atoms with E-state index in [4.69, 9.17) is 10.2 Å². The van der Waals surface area contributed by atoms with Crippen LogP contribution in [0.4, 0.5) is 0 Å². The van der Waals surface area contributed by atoms with Crippen molar-refractivity contribution in [3.8, 4) is 0 Å². The predicted molar refractivity (Wildman–Crippen MR) is 77.9 cm³/mol. The molecule has 1 aliphatic heterocycles. The Hall–Kier alpha value is -0.450. The molecule has 3 nitrogen and oxygen atoms in total. The normalized spacial score (nSPS) is 28.8. The molecule has 0 aliphatic carbocycles. The molecule has 0 radical (unpaired) electrons. The van der Waals surface area contributed by atoms with Gasteiger partial charge >= 0.3 is 0 Å². The number of furan rings is 1. The van der Waals surface area contributed by atoms with Crippen molar-refractivity contribution >= 4 is 11.8 Å². The smallest absolute Gasteiger partial charge is 0.118 e. The number of aryl methyl sites for hydroxylation is 1. The highest BCUT2D eigenvalue weighted by Crippen LogP contribution is 2.37. The minimum absolute atomic E-state index is 0.115. The Morgan fingerprint density at radius 3 is 2.89 bits per heavy atom. The van der Waals surface area contributed by atoms with Crippen LogP contribution in [0.25, 0.3) is 0 Å². The highest BCUT2D eigenvalue weighted by Gasteiger charge is 2.41. The summed E-state index contributed by atoms with van der Waals surface area (Å²) in [6.45, 7) is 5.86. The summed E-state index contributed by atoms with van der Waals surface area (Å²) in [6.07, 6.45) is 2.45. The standard InChI is InChI=1S/C14H24N2OS/c1-11-5-6-13(17-11)9-16(3)14(10-15)7-4-8-18-12(14)2/h5-6,12H,4,7-10,15H2,1-3H3. The summed E-state index contributed by atoms with van der Waals surface area (Å²) in [5.74, 6) is 3.27. The number of nitrogens with zero attached hydrogens (tertiary/aromatic N) is 1. The average Bonchev–Trinajstić information content (AvgIpc) is 2.75. The maximum atomic E-state index is 6.10. The van der Waals surface area contributed by atoms with Gasteiger partial charge < -0.3 is 10.2 Å². The lowest BCUT2D eigenvalue weighted by Gasteiger charge is -2.47. The first-order valence-electron chi connectivity index (χ1n) is 6.67. The van der Waals surface area contributed by atoms with Crippen molar-refractivity contribution in [2.24, 2.45) is 5.73 Å². The van der Waals surface area contributed by atoms with Crippen molar-refractivity contribution < 1.29 is 4.42 Å². The third-order valence-electron chi connectivity index (χ3n) is 4.18. The lowest BCUT2D eigenvalue weighted by atomic mass is 9.87. The number of thioether (sulfide) groups is 1. The van der Waals surface area contributed by atoms with Crippen LogP contribution < -0.4 is 5.73 Å². The highest BCUT2D eigenvalue weighted by molar-refractivity contribution is 8.00. The molecular weight excluding hydrogens is 244 g/mol. The van der Waals surface area contributed by atoms with Gasteiger partial charge in [-0.25, -0.2) is 0 Å². The van der Waals surface area contributed by atoms with Crippen LogP contribution in [0.3, 0.4) is 0 Å². The van der Waals surface area contributed by atoms with Gasteiger partial charge in [0.05, 0.1) is 6.54 Å². The Labute approximate surface area is 114 Å². The number of hydrogen-bond donors (Lipinski definition) is 1. The largest absolute Gasteiger partial charge is 0.465 e. The van der Waals surface area contributed by atoms with Crippen molar-refractivity contribution in [2.75, 3.05) is 19.3 Å². The van der Waals surface area contributed by atoms with Crippen molar-refractivity contribution in [1.82, 2.24) is 4.90 Å². The van der Waals surface area contributed by atoms with E-state index in [0.717, 1.165) is 24.6 Å². The summed E-state index contributed by atoms with van der Waals surface area (Å²) in [6, 6.07) is 4.09. The van der Waals surface area contributed by atoms with E-state index in [-0.39, 0.29) is 5.54 Å².